The summed E-state index contributed by atoms with van der Waals surface area (Å²) in [5.74, 6) is 0.467. The van der Waals surface area contributed by atoms with E-state index in [1.807, 2.05) is 27.9 Å². The van der Waals surface area contributed by atoms with Gasteiger partial charge in [0.1, 0.15) is 11.9 Å². The molecule has 3 nitrogen and oxygen atoms in total. The van der Waals surface area contributed by atoms with Crippen molar-refractivity contribution in [2.45, 2.75) is 26.8 Å². The average Bonchev–Trinajstić information content (AvgIpc) is 2.13. The Kier molecular flexibility index (Phi) is 5.11. The van der Waals surface area contributed by atoms with Gasteiger partial charge in [0.05, 0.1) is 0 Å². The molecular weight excluding hydrogens is 169 g/mol. The van der Waals surface area contributed by atoms with Crippen molar-refractivity contribution in [3.63, 3.8) is 0 Å². The third kappa shape index (κ3) is 3.44. The molecule has 1 heterocycles. The second kappa shape index (κ2) is 5.56. The first-order chi connectivity index (χ1) is 6.11. The number of guanidine groups is 1. The van der Waals surface area contributed by atoms with Gasteiger partial charge in [-0.25, -0.2) is 9.38 Å². The van der Waals surface area contributed by atoms with E-state index in [0.29, 0.717) is 5.96 Å². The van der Waals surface area contributed by atoms with Gasteiger partial charge >= 0.3 is 0 Å². The van der Waals surface area contributed by atoms with E-state index in [9.17, 15) is 4.39 Å². The molecule has 1 rings (SSSR count). The molecule has 0 radical (unpaired) electrons. The van der Waals surface area contributed by atoms with Gasteiger partial charge in [0.15, 0.2) is 5.96 Å². The van der Waals surface area contributed by atoms with Crippen LogP contribution in [0.5, 0.6) is 0 Å². The summed E-state index contributed by atoms with van der Waals surface area (Å²) in [6.45, 7) is 5.72. The van der Waals surface area contributed by atoms with Crippen molar-refractivity contribution in [1.29, 1.82) is 0 Å². The molecule has 0 fully saturated rings. The lowest BCUT2D eigenvalue weighted by Crippen LogP contribution is -2.37. The molecule has 0 aromatic heterocycles. The van der Waals surface area contributed by atoms with Crippen molar-refractivity contribution in [3.05, 3.63) is 12.0 Å². The van der Waals surface area contributed by atoms with E-state index in [-0.39, 0.29) is 11.9 Å². The molecule has 1 atom stereocenters. The predicted octanol–water partition coefficient (Wildman–Crippen LogP) is 1.73. The zero-order valence-corrected chi connectivity index (χ0v) is 8.93. The van der Waals surface area contributed by atoms with Crippen LogP contribution in [0.4, 0.5) is 4.39 Å². The first kappa shape index (κ1) is 11.9. The number of hydrogen-bond acceptors (Lipinski definition) is 3. The van der Waals surface area contributed by atoms with Gasteiger partial charge in [0.25, 0.3) is 0 Å². The molecular formula is C9H18FN3. The van der Waals surface area contributed by atoms with Gasteiger partial charge in [-0.3, -0.25) is 0 Å². The summed E-state index contributed by atoms with van der Waals surface area (Å²) in [5.41, 5.74) is 0. The number of rotatable bonds is 0. The molecule has 0 spiro atoms. The van der Waals surface area contributed by atoms with Crippen LogP contribution >= 0.6 is 0 Å². The van der Waals surface area contributed by atoms with Crippen LogP contribution in [-0.4, -0.2) is 31.0 Å². The lowest BCUT2D eigenvalue weighted by Gasteiger charge is -2.20. The van der Waals surface area contributed by atoms with Gasteiger partial charge in [0, 0.05) is 20.3 Å². The van der Waals surface area contributed by atoms with E-state index >= 15 is 0 Å². The molecule has 1 aliphatic heterocycles. The van der Waals surface area contributed by atoms with E-state index in [0.717, 1.165) is 0 Å². The highest BCUT2D eigenvalue weighted by atomic mass is 19.1. The third-order valence-electron chi connectivity index (χ3n) is 1.48. The van der Waals surface area contributed by atoms with Crippen LogP contribution < -0.4 is 5.32 Å². The first-order valence-electron chi connectivity index (χ1n) is 4.48. The van der Waals surface area contributed by atoms with E-state index in [2.05, 4.69) is 10.3 Å². The Morgan fingerprint density at radius 3 is 2.38 bits per heavy atom. The van der Waals surface area contributed by atoms with Gasteiger partial charge in [-0.1, -0.05) is 13.8 Å². The highest BCUT2D eigenvalue weighted by Crippen LogP contribution is 2.10. The summed E-state index contributed by atoms with van der Waals surface area (Å²) in [6.07, 6.45) is 1.34. The summed E-state index contributed by atoms with van der Waals surface area (Å²) in [5, 5.41) is 2.74. The smallest absolute Gasteiger partial charge is 0.198 e. The molecule has 0 aromatic carbocycles. The fraction of sp³-hybridized carbons (Fsp3) is 0.667. The van der Waals surface area contributed by atoms with Gasteiger partial charge in [0.2, 0.25) is 0 Å². The highest BCUT2D eigenvalue weighted by Gasteiger charge is 2.13. The van der Waals surface area contributed by atoms with E-state index < -0.39 is 0 Å². The monoisotopic (exact) mass is 187 g/mol. The Morgan fingerprint density at radius 1 is 1.46 bits per heavy atom. The Balaban J connectivity index is 0.000000671. The summed E-state index contributed by atoms with van der Waals surface area (Å²) in [6, 6.07) is -0.353. The molecule has 0 aromatic rings. The molecule has 0 aliphatic carbocycles. The Bertz CT molecular complexity index is 209. The zero-order valence-electron chi connectivity index (χ0n) is 8.93. The van der Waals surface area contributed by atoms with Gasteiger partial charge in [-0.15, -0.1) is 0 Å². The Hall–Kier alpha value is -1.06. The minimum absolute atomic E-state index is 0.226. The number of nitrogens with one attached hydrogen (secondary N) is 1. The van der Waals surface area contributed by atoms with Crippen LogP contribution in [0, 0.1) is 0 Å². The van der Waals surface area contributed by atoms with Gasteiger partial charge < -0.3 is 10.2 Å². The summed E-state index contributed by atoms with van der Waals surface area (Å²) >= 11 is 0. The molecule has 0 bridgehead atoms. The van der Waals surface area contributed by atoms with Crippen molar-refractivity contribution >= 4 is 5.96 Å². The lowest BCUT2D eigenvalue weighted by molar-refractivity contribution is 0.520. The van der Waals surface area contributed by atoms with Crippen molar-refractivity contribution < 1.29 is 4.39 Å². The minimum atomic E-state index is -0.353. The highest BCUT2D eigenvalue weighted by molar-refractivity contribution is 5.81. The largest absolute Gasteiger partial charge is 0.349 e. The maximum atomic E-state index is 12.7. The first-order valence-corrected chi connectivity index (χ1v) is 4.48. The summed E-state index contributed by atoms with van der Waals surface area (Å²) < 4.78 is 12.7. The second-order valence-corrected chi connectivity index (χ2v) is 2.70. The third-order valence-corrected chi connectivity index (χ3v) is 1.48. The molecule has 0 amide bonds. The molecule has 1 unspecified atom stereocenters. The van der Waals surface area contributed by atoms with Crippen molar-refractivity contribution in [2.24, 2.45) is 4.99 Å². The summed E-state index contributed by atoms with van der Waals surface area (Å²) in [4.78, 5) is 5.86. The number of halogens is 1. The maximum absolute atomic E-state index is 12.7. The Labute approximate surface area is 79.3 Å². The predicted molar refractivity (Wildman–Crippen MR) is 54.3 cm³/mol. The molecule has 0 saturated heterocycles. The fourth-order valence-corrected chi connectivity index (χ4v) is 0.781. The number of nitrogens with zero attached hydrogens (tertiary/aromatic N) is 2. The minimum Gasteiger partial charge on any atom is -0.349 e. The molecule has 76 valence electrons. The van der Waals surface area contributed by atoms with Crippen LogP contribution in [0.2, 0.25) is 0 Å². The average molecular weight is 187 g/mol. The zero-order chi connectivity index (χ0) is 10.4. The molecule has 1 N–H and O–H groups in total. The molecule has 0 saturated carbocycles. The van der Waals surface area contributed by atoms with Crippen molar-refractivity contribution in [1.82, 2.24) is 10.2 Å². The van der Waals surface area contributed by atoms with Crippen LogP contribution in [0.3, 0.4) is 0 Å². The molecule has 1 aliphatic rings. The lowest BCUT2D eigenvalue weighted by atomic mass is 10.3. The van der Waals surface area contributed by atoms with Crippen LogP contribution in [0.15, 0.2) is 17.0 Å². The normalized spacial score (nSPS) is 20.3. The molecule has 13 heavy (non-hydrogen) atoms. The number of hydrogen-bond donors (Lipinski definition) is 1. The van der Waals surface area contributed by atoms with Gasteiger partial charge in [-0.05, 0) is 6.92 Å². The van der Waals surface area contributed by atoms with E-state index in [1.165, 1.54) is 6.20 Å². The second-order valence-electron chi connectivity index (χ2n) is 2.70. The standard InChI is InChI=1S/C7H12FN3.C2H6/c1-5-6(8)4-9-7(10-5)11(2)3;1-2/h4-5H,1-3H3,(H,9,10);1-2H3. The van der Waals surface area contributed by atoms with Gasteiger partial charge in [-0.2, -0.15) is 0 Å². The van der Waals surface area contributed by atoms with E-state index in [4.69, 9.17) is 0 Å². The van der Waals surface area contributed by atoms with Crippen molar-refractivity contribution in [2.75, 3.05) is 14.1 Å². The van der Waals surface area contributed by atoms with Crippen LogP contribution in [-0.2, 0) is 0 Å². The fourth-order valence-electron chi connectivity index (χ4n) is 0.781. The SMILES string of the molecule is CC.CC1N=C(N(C)C)NC=C1F. The number of aliphatic imine (C=N–C) groups is 1. The summed E-state index contributed by atoms with van der Waals surface area (Å²) in [7, 11) is 3.71. The van der Waals surface area contributed by atoms with Crippen LogP contribution in [0.1, 0.15) is 20.8 Å². The van der Waals surface area contributed by atoms with Crippen molar-refractivity contribution in [3.8, 4) is 0 Å². The van der Waals surface area contributed by atoms with E-state index in [1.54, 1.807) is 11.8 Å². The quantitative estimate of drug-likeness (QED) is 0.625. The molecule has 4 heteroatoms. The maximum Gasteiger partial charge on any atom is 0.198 e. The van der Waals surface area contributed by atoms with Crippen LogP contribution in [0.25, 0.3) is 0 Å². The topological polar surface area (TPSA) is 27.6 Å². The Morgan fingerprint density at radius 2 is 2.00 bits per heavy atom.